The van der Waals surface area contributed by atoms with Crippen molar-refractivity contribution < 1.29 is 4.79 Å². The Morgan fingerprint density at radius 1 is 0.958 bits per heavy atom. The van der Waals surface area contributed by atoms with Gasteiger partial charge < -0.3 is 5.32 Å². The third-order valence-electron chi connectivity index (χ3n) is 5.16. The Balaban J connectivity index is 1.79. The number of carbonyl (C=O) groups excluding carboxylic acids is 1. The molecule has 0 atom stereocenters. The number of nitrogens with one attached hydrogen (secondary N) is 1. The topological polar surface area (TPSA) is 29.1 Å². The number of hydrogen-bond acceptors (Lipinski definition) is 1. The van der Waals surface area contributed by atoms with Gasteiger partial charge in [0, 0.05) is 5.54 Å². The smallest absolute Gasteiger partial charge is 0.231 e. The number of benzene rings is 2. The van der Waals surface area contributed by atoms with Gasteiger partial charge in [-0.3, -0.25) is 4.79 Å². The lowest BCUT2D eigenvalue weighted by Gasteiger charge is -2.34. The van der Waals surface area contributed by atoms with E-state index in [1.165, 1.54) is 5.56 Å². The second-order valence-corrected chi connectivity index (χ2v) is 7.66. The molecule has 126 valence electrons. The second-order valence-electron chi connectivity index (χ2n) is 7.66. The molecule has 2 aromatic rings. The van der Waals surface area contributed by atoms with E-state index in [0.717, 1.165) is 37.7 Å². The summed E-state index contributed by atoms with van der Waals surface area (Å²) < 4.78 is 0. The van der Waals surface area contributed by atoms with Crippen LogP contribution >= 0.6 is 0 Å². The monoisotopic (exact) mass is 321 g/mol. The van der Waals surface area contributed by atoms with Gasteiger partial charge in [-0.05, 0) is 44.2 Å². The van der Waals surface area contributed by atoms with Crippen LogP contribution in [-0.2, 0) is 16.6 Å². The molecule has 1 amide bonds. The quantitative estimate of drug-likeness (QED) is 0.854. The first-order valence-corrected chi connectivity index (χ1v) is 8.94. The molecular weight excluding hydrogens is 294 g/mol. The fraction of sp³-hybridized carbons (Fsp3) is 0.409. The molecule has 0 aliphatic heterocycles. The molecule has 0 spiro atoms. The van der Waals surface area contributed by atoms with Gasteiger partial charge in [0.15, 0.2) is 0 Å². The summed E-state index contributed by atoms with van der Waals surface area (Å²) in [5, 5.41) is 3.35. The van der Waals surface area contributed by atoms with Gasteiger partial charge in [0.05, 0.1) is 5.41 Å². The minimum absolute atomic E-state index is 0.187. The molecule has 24 heavy (non-hydrogen) atoms. The lowest BCUT2D eigenvalue weighted by Crippen LogP contribution is -2.52. The van der Waals surface area contributed by atoms with Gasteiger partial charge in [0.1, 0.15) is 0 Å². The predicted octanol–water partition coefficient (Wildman–Crippen LogP) is 4.64. The summed E-state index contributed by atoms with van der Waals surface area (Å²) in [7, 11) is 0. The number of rotatable bonds is 5. The Hall–Kier alpha value is -2.09. The highest BCUT2D eigenvalue weighted by molar-refractivity contribution is 5.89. The summed E-state index contributed by atoms with van der Waals surface area (Å²) in [6.07, 6.45) is 4.99. The highest BCUT2D eigenvalue weighted by atomic mass is 16.2. The van der Waals surface area contributed by atoms with Crippen molar-refractivity contribution in [3.63, 3.8) is 0 Å². The lowest BCUT2D eigenvalue weighted by atomic mass is 9.77. The average Bonchev–Trinajstić information content (AvgIpc) is 3.07. The Morgan fingerprint density at radius 3 is 2.08 bits per heavy atom. The fourth-order valence-corrected chi connectivity index (χ4v) is 3.96. The van der Waals surface area contributed by atoms with E-state index in [4.69, 9.17) is 0 Å². The van der Waals surface area contributed by atoms with Crippen LogP contribution in [0.2, 0.25) is 0 Å². The molecule has 2 nitrogen and oxygen atoms in total. The molecule has 0 radical (unpaired) electrons. The van der Waals surface area contributed by atoms with Gasteiger partial charge >= 0.3 is 0 Å². The van der Waals surface area contributed by atoms with Crippen molar-refractivity contribution >= 4 is 5.91 Å². The van der Waals surface area contributed by atoms with Gasteiger partial charge in [-0.2, -0.15) is 0 Å². The van der Waals surface area contributed by atoms with Crippen LogP contribution in [0.3, 0.4) is 0 Å². The average molecular weight is 321 g/mol. The first-order chi connectivity index (χ1) is 11.5. The van der Waals surface area contributed by atoms with Crippen LogP contribution in [-0.4, -0.2) is 11.4 Å². The standard InChI is InChI=1S/C22H27NO/c1-21(2,17-18-11-5-3-6-12-18)23-20(24)22(15-9-10-16-22)19-13-7-4-8-14-19/h3-8,11-14H,9-10,15-17H2,1-2H3,(H,23,24). The van der Waals surface area contributed by atoms with E-state index in [2.05, 4.69) is 55.6 Å². The van der Waals surface area contributed by atoms with E-state index in [1.54, 1.807) is 0 Å². The largest absolute Gasteiger partial charge is 0.350 e. The molecule has 2 heteroatoms. The van der Waals surface area contributed by atoms with Crippen LogP contribution in [0.5, 0.6) is 0 Å². The molecule has 1 N–H and O–H groups in total. The Morgan fingerprint density at radius 2 is 1.50 bits per heavy atom. The van der Waals surface area contributed by atoms with E-state index in [1.807, 2.05) is 24.3 Å². The van der Waals surface area contributed by atoms with Crippen LogP contribution in [0.25, 0.3) is 0 Å². The molecule has 0 bridgehead atoms. The summed E-state index contributed by atoms with van der Waals surface area (Å²) in [6, 6.07) is 20.7. The fourth-order valence-electron chi connectivity index (χ4n) is 3.96. The predicted molar refractivity (Wildman–Crippen MR) is 99.0 cm³/mol. The second kappa shape index (κ2) is 6.80. The van der Waals surface area contributed by atoms with Crippen molar-refractivity contribution in [2.24, 2.45) is 0 Å². The minimum atomic E-state index is -0.352. The summed E-state index contributed by atoms with van der Waals surface area (Å²) >= 11 is 0. The summed E-state index contributed by atoms with van der Waals surface area (Å²) in [5.41, 5.74) is 1.80. The molecule has 0 heterocycles. The van der Waals surface area contributed by atoms with Gasteiger partial charge in [-0.1, -0.05) is 73.5 Å². The third-order valence-corrected chi connectivity index (χ3v) is 5.16. The minimum Gasteiger partial charge on any atom is -0.350 e. The van der Waals surface area contributed by atoms with E-state index in [9.17, 15) is 4.79 Å². The molecule has 3 rings (SSSR count). The molecule has 1 aliphatic carbocycles. The molecule has 0 unspecified atom stereocenters. The third kappa shape index (κ3) is 3.53. The van der Waals surface area contributed by atoms with Gasteiger partial charge in [0.2, 0.25) is 5.91 Å². The first kappa shape index (κ1) is 16.8. The highest BCUT2D eigenvalue weighted by Crippen LogP contribution is 2.41. The van der Waals surface area contributed by atoms with Crippen molar-refractivity contribution in [1.82, 2.24) is 5.32 Å². The normalized spacial score (nSPS) is 16.8. The first-order valence-electron chi connectivity index (χ1n) is 8.94. The van der Waals surface area contributed by atoms with Crippen LogP contribution in [0.1, 0.15) is 50.7 Å². The maximum absolute atomic E-state index is 13.3. The number of hydrogen-bond donors (Lipinski definition) is 1. The Labute approximate surface area is 145 Å². The SMILES string of the molecule is CC(C)(Cc1ccccc1)NC(=O)C1(c2ccccc2)CCCC1. The van der Waals surface area contributed by atoms with Gasteiger partial charge in [-0.25, -0.2) is 0 Å². The summed E-state index contributed by atoms with van der Waals surface area (Å²) in [6.45, 7) is 4.23. The van der Waals surface area contributed by atoms with Crippen molar-refractivity contribution in [1.29, 1.82) is 0 Å². The zero-order valence-electron chi connectivity index (χ0n) is 14.7. The van der Waals surface area contributed by atoms with Crippen molar-refractivity contribution in [3.05, 3.63) is 71.8 Å². The summed E-state index contributed by atoms with van der Waals surface area (Å²) in [5.74, 6) is 0.187. The molecule has 1 fully saturated rings. The maximum atomic E-state index is 13.3. The zero-order valence-corrected chi connectivity index (χ0v) is 14.7. The van der Waals surface area contributed by atoms with Crippen molar-refractivity contribution in [2.45, 2.75) is 56.9 Å². The van der Waals surface area contributed by atoms with Crippen LogP contribution in [0.15, 0.2) is 60.7 Å². The Kier molecular flexibility index (Phi) is 4.75. The van der Waals surface area contributed by atoms with E-state index in [0.29, 0.717) is 0 Å². The number of amides is 1. The molecular formula is C22H27NO. The maximum Gasteiger partial charge on any atom is 0.231 e. The molecule has 2 aromatic carbocycles. The zero-order chi connectivity index (χ0) is 17.0. The van der Waals surface area contributed by atoms with Gasteiger partial charge in [0.25, 0.3) is 0 Å². The summed E-state index contributed by atoms with van der Waals surface area (Å²) in [4.78, 5) is 13.3. The lowest BCUT2D eigenvalue weighted by molar-refractivity contribution is -0.128. The molecule has 0 saturated heterocycles. The van der Waals surface area contributed by atoms with Crippen molar-refractivity contribution in [3.8, 4) is 0 Å². The van der Waals surface area contributed by atoms with Crippen molar-refractivity contribution in [2.75, 3.05) is 0 Å². The highest BCUT2D eigenvalue weighted by Gasteiger charge is 2.43. The van der Waals surface area contributed by atoms with E-state index >= 15 is 0 Å². The van der Waals surface area contributed by atoms with Crippen LogP contribution < -0.4 is 5.32 Å². The van der Waals surface area contributed by atoms with Gasteiger partial charge in [-0.15, -0.1) is 0 Å². The van der Waals surface area contributed by atoms with Crippen LogP contribution in [0.4, 0.5) is 0 Å². The van der Waals surface area contributed by atoms with E-state index in [-0.39, 0.29) is 16.9 Å². The number of carbonyl (C=O) groups is 1. The molecule has 0 aromatic heterocycles. The molecule has 1 saturated carbocycles. The molecule has 1 aliphatic rings. The van der Waals surface area contributed by atoms with E-state index < -0.39 is 0 Å². The Bertz CT molecular complexity index is 670. The van der Waals surface area contributed by atoms with Crippen LogP contribution in [0, 0.1) is 0 Å².